The van der Waals surface area contributed by atoms with E-state index in [1.54, 1.807) is 23.6 Å². The number of non-ortho nitro benzene ring substituents is 1. The predicted molar refractivity (Wildman–Crippen MR) is 115 cm³/mol. The van der Waals surface area contributed by atoms with E-state index in [4.69, 9.17) is 14.2 Å². The summed E-state index contributed by atoms with van der Waals surface area (Å²) in [5.41, 5.74) is 0.986. The number of hydrogen-bond donors (Lipinski definition) is 2. The van der Waals surface area contributed by atoms with Crippen molar-refractivity contribution in [1.29, 1.82) is 0 Å². The highest BCUT2D eigenvalue weighted by atomic mass is 32.1. The van der Waals surface area contributed by atoms with Gasteiger partial charge in [0.25, 0.3) is 11.6 Å². The summed E-state index contributed by atoms with van der Waals surface area (Å²) in [6.45, 7) is 0.115. The first kappa shape index (κ1) is 21.1. The Hall–Kier alpha value is -4.19. The zero-order valence-electron chi connectivity index (χ0n) is 16.6. The summed E-state index contributed by atoms with van der Waals surface area (Å²) in [5.74, 6) is 0.479. The molecule has 0 saturated heterocycles. The number of thiazole rings is 1. The van der Waals surface area contributed by atoms with Crippen LogP contribution < -0.4 is 24.8 Å². The van der Waals surface area contributed by atoms with E-state index in [9.17, 15) is 19.7 Å². The monoisotopic (exact) mass is 456 g/mol. The Morgan fingerprint density at radius 1 is 1.19 bits per heavy atom. The van der Waals surface area contributed by atoms with Gasteiger partial charge in [-0.05, 0) is 24.3 Å². The van der Waals surface area contributed by atoms with Crippen LogP contribution in [0.3, 0.4) is 0 Å². The van der Waals surface area contributed by atoms with Gasteiger partial charge in [-0.15, -0.1) is 11.3 Å². The van der Waals surface area contributed by atoms with E-state index in [1.165, 1.54) is 36.6 Å². The van der Waals surface area contributed by atoms with Crippen molar-refractivity contribution in [1.82, 2.24) is 4.98 Å². The standard InChI is InChI=1S/C20H16N4O7S/c1-29-16-8-13(24(27)28)3-4-14(16)22-18(25)7-12-9-32-20(21-12)23-19(26)11-2-5-15-17(6-11)31-10-30-15/h2-6,8-9H,7,10H2,1H3,(H,22,25)(H,21,23,26). The number of fused-ring (bicyclic) bond motifs is 1. The molecule has 12 heteroatoms. The Morgan fingerprint density at radius 2 is 2.00 bits per heavy atom. The molecule has 2 amide bonds. The molecule has 0 atom stereocenters. The quantitative estimate of drug-likeness (QED) is 0.408. The molecule has 0 fully saturated rings. The Balaban J connectivity index is 1.37. The number of ether oxygens (including phenoxy) is 3. The van der Waals surface area contributed by atoms with Crippen molar-refractivity contribution in [2.45, 2.75) is 6.42 Å². The average Bonchev–Trinajstić information content (AvgIpc) is 3.42. The second-order valence-electron chi connectivity index (χ2n) is 6.53. The highest BCUT2D eigenvalue weighted by molar-refractivity contribution is 7.14. The number of carbonyl (C=O) groups excluding carboxylic acids is 2. The summed E-state index contributed by atoms with van der Waals surface area (Å²) >= 11 is 1.18. The molecule has 4 rings (SSSR count). The molecule has 0 spiro atoms. The number of nitro benzene ring substituents is 1. The van der Waals surface area contributed by atoms with Gasteiger partial charge < -0.3 is 19.5 Å². The molecule has 1 aromatic heterocycles. The summed E-state index contributed by atoms with van der Waals surface area (Å²) < 4.78 is 15.6. The maximum Gasteiger partial charge on any atom is 0.273 e. The van der Waals surface area contributed by atoms with Gasteiger partial charge in [0.05, 0.1) is 35.9 Å². The fourth-order valence-corrected chi connectivity index (χ4v) is 3.61. The normalized spacial score (nSPS) is 11.7. The molecule has 0 aliphatic carbocycles. The third-order valence-corrected chi connectivity index (χ3v) is 5.23. The Morgan fingerprint density at radius 3 is 2.78 bits per heavy atom. The molecule has 2 N–H and O–H groups in total. The number of hydrogen-bond acceptors (Lipinski definition) is 9. The second-order valence-corrected chi connectivity index (χ2v) is 7.39. The van der Waals surface area contributed by atoms with E-state index in [-0.39, 0.29) is 30.6 Å². The topological polar surface area (TPSA) is 142 Å². The summed E-state index contributed by atoms with van der Waals surface area (Å²) in [5, 5.41) is 18.2. The minimum atomic E-state index is -0.553. The van der Waals surface area contributed by atoms with Crippen LogP contribution in [0.1, 0.15) is 16.1 Å². The van der Waals surface area contributed by atoms with E-state index in [0.717, 1.165) is 0 Å². The number of carbonyl (C=O) groups is 2. The number of aromatic nitrogens is 1. The van der Waals surface area contributed by atoms with Gasteiger partial charge in [0, 0.05) is 17.0 Å². The van der Waals surface area contributed by atoms with Crippen LogP contribution in [0.15, 0.2) is 41.8 Å². The van der Waals surface area contributed by atoms with Gasteiger partial charge in [-0.3, -0.25) is 25.0 Å². The molecule has 1 aliphatic rings. The molecule has 2 aromatic carbocycles. The minimum Gasteiger partial charge on any atom is -0.494 e. The summed E-state index contributed by atoms with van der Waals surface area (Å²) in [4.78, 5) is 39.4. The number of anilines is 2. The van der Waals surface area contributed by atoms with Gasteiger partial charge in [0.15, 0.2) is 16.6 Å². The van der Waals surface area contributed by atoms with E-state index < -0.39 is 10.8 Å². The molecular weight excluding hydrogens is 440 g/mol. The van der Waals surface area contributed by atoms with Crippen LogP contribution in [0.4, 0.5) is 16.5 Å². The molecule has 0 saturated carbocycles. The molecule has 164 valence electrons. The zero-order valence-corrected chi connectivity index (χ0v) is 17.4. The van der Waals surface area contributed by atoms with Crippen molar-refractivity contribution in [3.05, 3.63) is 63.1 Å². The molecule has 32 heavy (non-hydrogen) atoms. The molecule has 0 radical (unpaired) electrons. The van der Waals surface area contributed by atoms with E-state index >= 15 is 0 Å². The lowest BCUT2D eigenvalue weighted by molar-refractivity contribution is -0.384. The van der Waals surface area contributed by atoms with Gasteiger partial charge in [-0.2, -0.15) is 0 Å². The number of rotatable bonds is 7. The number of methoxy groups -OCH3 is 1. The number of nitro groups is 1. The van der Waals surface area contributed by atoms with Crippen molar-refractivity contribution in [3.8, 4) is 17.2 Å². The maximum atomic E-state index is 12.5. The predicted octanol–water partition coefficient (Wildman–Crippen LogP) is 3.22. The maximum absolute atomic E-state index is 12.5. The van der Waals surface area contributed by atoms with Crippen LogP contribution in [0.25, 0.3) is 0 Å². The average molecular weight is 456 g/mol. The van der Waals surface area contributed by atoms with Gasteiger partial charge in [0.1, 0.15) is 5.75 Å². The molecular formula is C20H16N4O7S. The molecule has 0 bridgehead atoms. The lowest BCUT2D eigenvalue weighted by Crippen LogP contribution is -2.15. The first-order chi connectivity index (χ1) is 15.4. The third kappa shape index (κ3) is 4.59. The van der Waals surface area contributed by atoms with Gasteiger partial charge in [-0.1, -0.05) is 0 Å². The Labute approximate surface area is 185 Å². The lowest BCUT2D eigenvalue weighted by atomic mass is 10.2. The van der Waals surface area contributed by atoms with Crippen LogP contribution in [-0.4, -0.2) is 35.6 Å². The summed E-state index contributed by atoms with van der Waals surface area (Å²) in [7, 11) is 1.35. The largest absolute Gasteiger partial charge is 0.494 e. The van der Waals surface area contributed by atoms with Crippen LogP contribution in [0.5, 0.6) is 17.2 Å². The summed E-state index contributed by atoms with van der Waals surface area (Å²) in [6.07, 6.45) is -0.0590. The Bertz CT molecular complexity index is 1210. The van der Waals surface area contributed by atoms with Crippen LogP contribution >= 0.6 is 11.3 Å². The number of benzene rings is 2. The van der Waals surface area contributed by atoms with Crippen molar-refractivity contribution in [2.75, 3.05) is 24.5 Å². The van der Waals surface area contributed by atoms with Crippen molar-refractivity contribution in [2.24, 2.45) is 0 Å². The fraction of sp³-hybridized carbons (Fsp3) is 0.150. The number of nitrogens with zero attached hydrogens (tertiary/aromatic N) is 2. The van der Waals surface area contributed by atoms with Gasteiger partial charge in [0.2, 0.25) is 12.7 Å². The SMILES string of the molecule is COc1cc([N+](=O)[O-])ccc1NC(=O)Cc1csc(NC(=O)c2ccc3c(c2)OCO3)n1. The van der Waals surface area contributed by atoms with Crippen molar-refractivity contribution < 1.29 is 28.7 Å². The molecule has 11 nitrogen and oxygen atoms in total. The van der Waals surface area contributed by atoms with E-state index in [2.05, 4.69) is 15.6 Å². The smallest absolute Gasteiger partial charge is 0.273 e. The lowest BCUT2D eigenvalue weighted by Gasteiger charge is -2.09. The molecule has 3 aromatic rings. The van der Waals surface area contributed by atoms with Crippen molar-refractivity contribution >= 4 is 39.7 Å². The van der Waals surface area contributed by atoms with Crippen molar-refractivity contribution in [3.63, 3.8) is 0 Å². The highest BCUT2D eigenvalue weighted by Crippen LogP contribution is 2.33. The van der Waals surface area contributed by atoms with Gasteiger partial charge >= 0.3 is 0 Å². The first-order valence-electron chi connectivity index (χ1n) is 9.20. The van der Waals surface area contributed by atoms with Crippen LogP contribution in [0.2, 0.25) is 0 Å². The first-order valence-corrected chi connectivity index (χ1v) is 10.1. The Kier molecular flexibility index (Phi) is 5.85. The second kappa shape index (κ2) is 8.89. The zero-order chi connectivity index (χ0) is 22.7. The fourth-order valence-electron chi connectivity index (χ4n) is 2.91. The van der Waals surface area contributed by atoms with Gasteiger partial charge in [-0.25, -0.2) is 4.98 Å². The highest BCUT2D eigenvalue weighted by Gasteiger charge is 2.18. The number of nitrogens with one attached hydrogen (secondary N) is 2. The minimum absolute atomic E-state index is 0.0590. The molecule has 1 aliphatic heterocycles. The summed E-state index contributed by atoms with van der Waals surface area (Å²) in [6, 6.07) is 8.74. The molecule has 0 unspecified atom stereocenters. The third-order valence-electron chi connectivity index (χ3n) is 4.42. The van der Waals surface area contributed by atoms with E-state index in [0.29, 0.717) is 33.6 Å². The van der Waals surface area contributed by atoms with E-state index in [1.807, 2.05) is 0 Å². The van der Waals surface area contributed by atoms with Crippen LogP contribution in [-0.2, 0) is 11.2 Å². The van der Waals surface area contributed by atoms with Crippen LogP contribution in [0, 0.1) is 10.1 Å². The molecule has 2 heterocycles. The number of amides is 2.